The van der Waals surface area contributed by atoms with Gasteiger partial charge in [-0.25, -0.2) is 12.8 Å². The highest BCUT2D eigenvalue weighted by Gasteiger charge is 2.29. The molecule has 0 amide bonds. The second-order valence-electron chi connectivity index (χ2n) is 6.54. The van der Waals surface area contributed by atoms with Crippen molar-refractivity contribution in [1.29, 1.82) is 0 Å². The van der Waals surface area contributed by atoms with E-state index in [4.69, 9.17) is 27.6 Å². The van der Waals surface area contributed by atoms with Crippen LogP contribution in [0.2, 0.25) is 10.0 Å². The van der Waals surface area contributed by atoms with Gasteiger partial charge in [0.2, 0.25) is 26.6 Å². The van der Waals surface area contributed by atoms with Crippen molar-refractivity contribution in [3.05, 3.63) is 94.2 Å². The fourth-order valence-electron chi connectivity index (χ4n) is 2.89. The van der Waals surface area contributed by atoms with Gasteiger partial charge in [-0.15, -0.1) is 0 Å². The first kappa shape index (κ1) is 21.4. The first-order valence-electron chi connectivity index (χ1n) is 9.10. The molecule has 0 unspecified atom stereocenters. The second-order valence-corrected chi connectivity index (χ2v) is 9.21. The lowest BCUT2D eigenvalue weighted by atomic mass is 10.2. The molecule has 4 aromatic rings. The molecule has 1 heterocycles. The van der Waals surface area contributed by atoms with Gasteiger partial charge in [0.15, 0.2) is 0 Å². The van der Waals surface area contributed by atoms with Gasteiger partial charge in [0.25, 0.3) is 0 Å². The average molecular weight is 477 g/mol. The Hall–Kier alpha value is -2.87. The largest absolute Gasteiger partial charge is 0.419 e. The van der Waals surface area contributed by atoms with E-state index in [0.29, 0.717) is 15.6 Å². The number of hydrogen-bond donors (Lipinski definition) is 1. The van der Waals surface area contributed by atoms with E-state index in [1.54, 1.807) is 42.5 Å². The number of rotatable bonds is 6. The highest BCUT2D eigenvalue weighted by Crippen LogP contribution is 2.35. The molecule has 5 nitrogen and oxygen atoms in total. The predicted octanol–water partition coefficient (Wildman–Crippen LogP) is 6.23. The van der Waals surface area contributed by atoms with E-state index in [2.05, 4.69) is 10.3 Å². The van der Waals surface area contributed by atoms with Crippen LogP contribution in [-0.2, 0) is 16.4 Å². The van der Waals surface area contributed by atoms with Crippen LogP contribution in [-0.4, -0.2) is 13.4 Å². The molecule has 0 aliphatic rings. The molecular weight excluding hydrogens is 462 g/mol. The number of oxazole rings is 1. The van der Waals surface area contributed by atoms with Gasteiger partial charge in [0.1, 0.15) is 5.82 Å². The van der Waals surface area contributed by atoms with Crippen molar-refractivity contribution in [2.45, 2.75) is 16.5 Å². The minimum Gasteiger partial charge on any atom is -0.419 e. The molecule has 4 rings (SSSR count). The van der Waals surface area contributed by atoms with E-state index in [1.165, 1.54) is 12.1 Å². The zero-order valence-corrected chi connectivity index (χ0v) is 18.2. The maximum atomic E-state index is 13.3. The summed E-state index contributed by atoms with van der Waals surface area (Å²) in [5.41, 5.74) is 1.18. The minimum atomic E-state index is -4.11. The maximum Gasteiger partial charge on any atom is 0.234 e. The number of nitrogens with one attached hydrogen (secondary N) is 1. The second kappa shape index (κ2) is 8.70. The number of sulfone groups is 1. The topological polar surface area (TPSA) is 72.2 Å². The molecular formula is C22H15Cl2FN2O3S. The van der Waals surface area contributed by atoms with E-state index < -0.39 is 15.7 Å². The summed E-state index contributed by atoms with van der Waals surface area (Å²) in [7, 11) is -4.11. The molecule has 158 valence electrons. The van der Waals surface area contributed by atoms with Gasteiger partial charge in [-0.2, -0.15) is 4.98 Å². The van der Waals surface area contributed by atoms with Crippen LogP contribution in [0.25, 0.3) is 11.5 Å². The predicted molar refractivity (Wildman–Crippen MR) is 118 cm³/mol. The van der Waals surface area contributed by atoms with Crippen molar-refractivity contribution in [3.63, 3.8) is 0 Å². The monoisotopic (exact) mass is 476 g/mol. The molecule has 0 saturated carbocycles. The summed E-state index contributed by atoms with van der Waals surface area (Å²) in [6.45, 7) is 0.197. The fourth-order valence-corrected chi connectivity index (χ4v) is 4.59. The smallest absolute Gasteiger partial charge is 0.234 e. The van der Waals surface area contributed by atoms with Crippen LogP contribution in [0, 0.1) is 5.82 Å². The van der Waals surface area contributed by atoms with Crippen LogP contribution in [0.15, 0.2) is 87.1 Å². The summed E-state index contributed by atoms with van der Waals surface area (Å²) in [6.07, 6.45) is 0. The van der Waals surface area contributed by atoms with E-state index in [9.17, 15) is 12.8 Å². The Morgan fingerprint density at radius 3 is 2.23 bits per heavy atom. The Balaban J connectivity index is 1.79. The van der Waals surface area contributed by atoms with Gasteiger partial charge < -0.3 is 9.73 Å². The molecule has 9 heteroatoms. The third-order valence-electron chi connectivity index (χ3n) is 4.48. The fraction of sp³-hybridized carbons (Fsp3) is 0.0455. The van der Waals surface area contributed by atoms with Crippen molar-refractivity contribution in [2.24, 2.45) is 0 Å². The zero-order chi connectivity index (χ0) is 22.0. The standard InChI is InChI=1S/C22H15Cl2FN2O3S/c23-18-7-3-1-5-14(18)13-26-21-22(31(28,29)16-11-9-15(25)10-12-16)27-20(30-21)17-6-2-4-8-19(17)24/h1-12,26H,13H2. The molecule has 1 N–H and O–H groups in total. The quantitative estimate of drug-likeness (QED) is 0.333. The Labute approximate surface area is 188 Å². The number of aromatic nitrogens is 1. The van der Waals surface area contributed by atoms with E-state index in [-0.39, 0.29) is 28.2 Å². The third-order valence-corrected chi connectivity index (χ3v) is 6.85. The minimum absolute atomic E-state index is 0.0351. The van der Waals surface area contributed by atoms with Crippen molar-refractivity contribution in [1.82, 2.24) is 4.98 Å². The Bertz CT molecular complexity index is 1340. The number of halogens is 3. The lowest BCUT2D eigenvalue weighted by Gasteiger charge is -2.07. The Morgan fingerprint density at radius 1 is 0.903 bits per heavy atom. The summed E-state index contributed by atoms with van der Waals surface area (Å²) < 4.78 is 45.5. The van der Waals surface area contributed by atoms with Crippen molar-refractivity contribution in [2.75, 3.05) is 5.32 Å². The van der Waals surface area contributed by atoms with Gasteiger partial charge in [0, 0.05) is 11.6 Å². The summed E-state index contributed by atoms with van der Waals surface area (Å²) in [6, 6.07) is 18.4. The van der Waals surface area contributed by atoms with Crippen molar-refractivity contribution >= 4 is 38.9 Å². The highest BCUT2D eigenvalue weighted by atomic mass is 35.5. The number of anilines is 1. The van der Waals surface area contributed by atoms with Gasteiger partial charge >= 0.3 is 0 Å². The lowest BCUT2D eigenvalue weighted by Crippen LogP contribution is -2.07. The zero-order valence-electron chi connectivity index (χ0n) is 15.8. The van der Waals surface area contributed by atoms with Gasteiger partial charge in [0.05, 0.1) is 15.5 Å². The molecule has 0 atom stereocenters. The van der Waals surface area contributed by atoms with Crippen LogP contribution in [0.1, 0.15) is 5.56 Å². The van der Waals surface area contributed by atoms with Gasteiger partial charge in [-0.3, -0.25) is 0 Å². The summed E-state index contributed by atoms with van der Waals surface area (Å²) in [5, 5.41) is 3.50. The molecule has 0 aliphatic carbocycles. The van der Waals surface area contributed by atoms with Crippen LogP contribution >= 0.6 is 23.2 Å². The maximum absolute atomic E-state index is 13.3. The molecule has 0 aliphatic heterocycles. The molecule has 0 radical (unpaired) electrons. The van der Waals surface area contributed by atoms with Crippen LogP contribution in [0.3, 0.4) is 0 Å². The molecule has 31 heavy (non-hydrogen) atoms. The van der Waals surface area contributed by atoms with Gasteiger partial charge in [-0.05, 0) is 48.0 Å². The average Bonchev–Trinajstić information content (AvgIpc) is 3.19. The van der Waals surface area contributed by atoms with Crippen molar-refractivity contribution in [3.8, 4) is 11.5 Å². The first-order valence-corrected chi connectivity index (χ1v) is 11.3. The number of hydrogen-bond acceptors (Lipinski definition) is 5. The van der Waals surface area contributed by atoms with Gasteiger partial charge in [-0.1, -0.05) is 53.5 Å². The number of benzene rings is 3. The van der Waals surface area contributed by atoms with E-state index in [1.807, 2.05) is 6.07 Å². The third kappa shape index (κ3) is 4.44. The molecule has 0 saturated heterocycles. The molecule has 1 aromatic heterocycles. The first-order chi connectivity index (χ1) is 14.9. The molecule has 0 spiro atoms. The highest BCUT2D eigenvalue weighted by molar-refractivity contribution is 7.91. The van der Waals surface area contributed by atoms with Crippen LogP contribution in [0.5, 0.6) is 0 Å². The normalized spacial score (nSPS) is 11.5. The summed E-state index contributed by atoms with van der Waals surface area (Å²) in [5.74, 6) is -0.583. The molecule has 3 aromatic carbocycles. The Kier molecular flexibility index (Phi) is 6.00. The molecule has 0 fully saturated rings. The summed E-state index contributed by atoms with van der Waals surface area (Å²) in [4.78, 5) is 4.10. The van der Waals surface area contributed by atoms with Crippen LogP contribution < -0.4 is 5.32 Å². The number of nitrogens with zero attached hydrogens (tertiary/aromatic N) is 1. The Morgan fingerprint density at radius 2 is 1.55 bits per heavy atom. The molecule has 0 bridgehead atoms. The van der Waals surface area contributed by atoms with Crippen molar-refractivity contribution < 1.29 is 17.2 Å². The van der Waals surface area contributed by atoms with E-state index in [0.717, 1.165) is 17.7 Å². The lowest BCUT2D eigenvalue weighted by molar-refractivity contribution is 0.576. The summed E-state index contributed by atoms with van der Waals surface area (Å²) >= 11 is 12.4. The van der Waals surface area contributed by atoms with Crippen LogP contribution in [0.4, 0.5) is 10.3 Å². The SMILES string of the molecule is O=S(=O)(c1ccc(F)cc1)c1nc(-c2ccccc2Cl)oc1NCc1ccccc1Cl. The van der Waals surface area contributed by atoms with E-state index >= 15 is 0 Å².